The molecule has 1 rings (SSSR count). The van der Waals surface area contributed by atoms with Crippen LogP contribution in [-0.2, 0) is 21.5 Å². The molecule has 0 aliphatic rings. The molecule has 0 saturated carbocycles. The topological polar surface area (TPSA) is 140 Å². The number of aryl methyl sites for hydroxylation is 1. The van der Waals surface area contributed by atoms with Gasteiger partial charge in [0.1, 0.15) is 17.9 Å². The number of aliphatic carboxylic acids is 1. The Balaban J connectivity index is 0.000000697. The lowest BCUT2D eigenvalue weighted by molar-refractivity contribution is -0.750. The van der Waals surface area contributed by atoms with Gasteiger partial charge in [-0.15, -0.1) is 0 Å². The highest BCUT2D eigenvalue weighted by Gasteiger charge is 2.28. The summed E-state index contributed by atoms with van der Waals surface area (Å²) < 4.78 is 62.6. The Hall–Kier alpha value is -2.28. The fraction of sp³-hybridized carbons (Fsp3) is 0.500. The van der Waals surface area contributed by atoms with Crippen molar-refractivity contribution in [2.45, 2.75) is 32.6 Å². The molecule has 1 aromatic rings. The zero-order valence-electron chi connectivity index (χ0n) is 13.1. The highest BCUT2D eigenvalue weighted by Crippen LogP contribution is 2.11. The molecule has 0 unspecified atom stereocenters. The molecule has 0 bridgehead atoms. The zero-order valence-corrected chi connectivity index (χ0v) is 14.0. The van der Waals surface area contributed by atoms with E-state index in [0.29, 0.717) is 5.56 Å². The van der Waals surface area contributed by atoms with Crippen LogP contribution < -0.4 is 15.1 Å². The monoisotopic (exact) mass is 387 g/mol. The van der Waals surface area contributed by atoms with E-state index in [1.54, 1.807) is 0 Å². The van der Waals surface area contributed by atoms with Crippen molar-refractivity contribution in [2.24, 2.45) is 0 Å². The van der Waals surface area contributed by atoms with Crippen LogP contribution in [0.1, 0.15) is 24.2 Å². The first-order valence-corrected chi connectivity index (χ1v) is 8.23. The van der Waals surface area contributed by atoms with Gasteiger partial charge < -0.3 is 15.2 Å². The standard InChI is InChI=1S/C10H15N3O4S.C2HF3O2/c1-8(2)12-10(14)9-3-4-13(11-7-9)5-6-18(15,16)17;3-2(4,5)1(6)7/h3-4,7-8H,5-6H2,1-2H3,(H-,12,14,15,16,17);(H,6,7). The highest BCUT2D eigenvalue weighted by molar-refractivity contribution is 7.85. The van der Waals surface area contributed by atoms with E-state index >= 15 is 0 Å². The number of aromatic nitrogens is 2. The van der Waals surface area contributed by atoms with Crippen LogP contribution in [-0.4, -0.2) is 47.9 Å². The first-order chi connectivity index (χ1) is 11.2. The van der Waals surface area contributed by atoms with E-state index in [-0.39, 0.29) is 18.5 Å². The lowest BCUT2D eigenvalue weighted by atomic mass is 10.2. The lowest BCUT2D eigenvalue weighted by Gasteiger charge is -2.06. The quantitative estimate of drug-likeness (QED) is 0.472. The predicted octanol–water partition coefficient (Wildman–Crippen LogP) is -1.31. The number of alkyl halides is 3. The Morgan fingerprint density at radius 1 is 1.40 bits per heavy atom. The van der Waals surface area contributed by atoms with Crippen molar-refractivity contribution in [3.63, 3.8) is 0 Å². The number of carboxylic acids is 1. The van der Waals surface area contributed by atoms with Crippen molar-refractivity contribution < 1.29 is 45.5 Å². The van der Waals surface area contributed by atoms with Gasteiger partial charge in [-0.2, -0.15) is 21.6 Å². The molecule has 9 nitrogen and oxygen atoms in total. The second kappa shape index (κ2) is 9.27. The predicted molar refractivity (Wildman–Crippen MR) is 74.5 cm³/mol. The lowest BCUT2D eigenvalue weighted by Crippen LogP contribution is -2.41. The normalized spacial score (nSPS) is 11.5. The molecule has 2 N–H and O–H groups in total. The summed E-state index contributed by atoms with van der Waals surface area (Å²) in [6.07, 6.45) is -2.36. The average molecular weight is 387 g/mol. The maximum atomic E-state index is 11.6. The molecule has 0 saturated heterocycles. The highest BCUT2D eigenvalue weighted by atomic mass is 32.2. The molecule has 1 heterocycles. The third-order valence-electron chi connectivity index (χ3n) is 2.26. The van der Waals surface area contributed by atoms with Crippen molar-refractivity contribution in [3.8, 4) is 0 Å². The van der Waals surface area contributed by atoms with Crippen molar-refractivity contribution in [1.29, 1.82) is 0 Å². The van der Waals surface area contributed by atoms with E-state index in [1.165, 1.54) is 23.1 Å². The number of rotatable bonds is 5. The van der Waals surface area contributed by atoms with Gasteiger partial charge in [-0.25, -0.2) is 0 Å². The number of hydrogen-bond donors (Lipinski definition) is 2. The van der Waals surface area contributed by atoms with Crippen LogP contribution in [0.2, 0.25) is 0 Å². The van der Waals surface area contributed by atoms with Crippen LogP contribution in [0, 0.1) is 0 Å². The van der Waals surface area contributed by atoms with Crippen LogP contribution in [0.15, 0.2) is 18.5 Å². The van der Waals surface area contributed by atoms with Gasteiger partial charge in [-0.1, -0.05) is 4.68 Å². The Morgan fingerprint density at radius 3 is 2.24 bits per heavy atom. The first-order valence-electron chi connectivity index (χ1n) is 6.62. The molecule has 142 valence electrons. The number of carbonyl (C=O) groups excluding carboxylic acids is 2. The van der Waals surface area contributed by atoms with E-state index in [1.807, 2.05) is 13.8 Å². The molecule has 0 spiro atoms. The summed E-state index contributed by atoms with van der Waals surface area (Å²) in [6, 6.07) is 1.57. The largest absolute Gasteiger partial charge is 0.542 e. The fourth-order valence-corrected chi connectivity index (χ4v) is 1.62. The van der Waals surface area contributed by atoms with Gasteiger partial charge in [-0.3, -0.25) is 9.35 Å². The Bertz CT molecular complexity index is 689. The number of hydrogen-bond acceptors (Lipinski definition) is 6. The molecule has 0 radical (unpaired) electrons. The third-order valence-corrected chi connectivity index (χ3v) is 2.96. The summed E-state index contributed by atoms with van der Waals surface area (Å²) in [6.45, 7) is 3.73. The summed E-state index contributed by atoms with van der Waals surface area (Å²) >= 11 is 0. The van der Waals surface area contributed by atoms with Gasteiger partial charge in [0, 0.05) is 12.1 Å². The van der Waals surface area contributed by atoms with Gasteiger partial charge >= 0.3 is 6.18 Å². The van der Waals surface area contributed by atoms with Gasteiger partial charge in [0.2, 0.25) is 0 Å². The van der Waals surface area contributed by atoms with Crippen LogP contribution in [0.5, 0.6) is 0 Å². The number of nitrogens with one attached hydrogen (secondary N) is 1. The molecular formula is C12H16F3N3O6S. The second-order valence-electron chi connectivity index (χ2n) is 4.88. The van der Waals surface area contributed by atoms with E-state index < -0.39 is 28.0 Å². The number of amides is 1. The minimum absolute atomic E-state index is 0.0318. The maximum Gasteiger partial charge on any atom is 0.430 e. The SMILES string of the molecule is CC(C)NC(=O)c1cc[n+](CCS(=O)(=O)O)nc1.O=C([O-])C(F)(F)F. The molecule has 0 aliphatic heterocycles. The van der Waals surface area contributed by atoms with Gasteiger partial charge in [0.15, 0.2) is 12.7 Å². The molecule has 0 aliphatic carbocycles. The average Bonchev–Trinajstić information content (AvgIpc) is 2.43. The molecule has 0 fully saturated rings. The van der Waals surface area contributed by atoms with Crippen molar-refractivity contribution in [2.75, 3.05) is 5.75 Å². The zero-order chi connectivity index (χ0) is 19.8. The van der Waals surface area contributed by atoms with Gasteiger partial charge in [0.05, 0.1) is 5.56 Å². The molecule has 0 atom stereocenters. The Kier molecular flexibility index (Phi) is 8.42. The minimum atomic E-state index is -5.19. The van der Waals surface area contributed by atoms with Crippen molar-refractivity contribution >= 4 is 22.0 Å². The van der Waals surface area contributed by atoms with Crippen LogP contribution >= 0.6 is 0 Å². The molecule has 1 amide bonds. The van der Waals surface area contributed by atoms with Crippen molar-refractivity contribution in [1.82, 2.24) is 10.4 Å². The maximum absolute atomic E-state index is 11.6. The number of carboxylic acid groups (broad SMARTS) is 1. The second-order valence-corrected chi connectivity index (χ2v) is 6.45. The van der Waals surface area contributed by atoms with E-state index in [2.05, 4.69) is 10.4 Å². The van der Waals surface area contributed by atoms with Gasteiger partial charge in [0.25, 0.3) is 16.0 Å². The van der Waals surface area contributed by atoms with E-state index in [4.69, 9.17) is 14.5 Å². The number of halogens is 3. The Morgan fingerprint density at radius 2 is 1.92 bits per heavy atom. The first kappa shape index (κ1) is 22.7. The molecule has 0 aromatic carbocycles. The third kappa shape index (κ3) is 11.0. The summed E-state index contributed by atoms with van der Waals surface area (Å²) in [4.78, 5) is 20.4. The molecule has 25 heavy (non-hydrogen) atoms. The summed E-state index contributed by atoms with van der Waals surface area (Å²) in [5.41, 5.74) is 0.395. The number of carbonyl (C=O) groups is 2. The van der Waals surface area contributed by atoms with E-state index in [0.717, 1.165) is 0 Å². The summed E-state index contributed by atoms with van der Waals surface area (Å²) in [5.74, 6) is -3.66. The molecular weight excluding hydrogens is 371 g/mol. The van der Waals surface area contributed by atoms with Crippen LogP contribution in [0.3, 0.4) is 0 Å². The van der Waals surface area contributed by atoms with Crippen molar-refractivity contribution in [3.05, 3.63) is 24.0 Å². The van der Waals surface area contributed by atoms with Crippen LogP contribution in [0.4, 0.5) is 13.2 Å². The fourth-order valence-electron chi connectivity index (χ4n) is 1.21. The van der Waals surface area contributed by atoms with Crippen LogP contribution in [0.25, 0.3) is 0 Å². The Labute approximate surface area is 141 Å². The molecule has 1 aromatic heterocycles. The van der Waals surface area contributed by atoms with Gasteiger partial charge in [-0.05, 0) is 18.9 Å². The molecule has 13 heteroatoms. The summed E-state index contributed by atoms with van der Waals surface area (Å²) in [7, 11) is -4.00. The smallest absolute Gasteiger partial charge is 0.430 e. The summed E-state index contributed by atoms with van der Waals surface area (Å²) in [5, 5.41) is 15.4. The van der Waals surface area contributed by atoms with E-state index in [9.17, 15) is 26.4 Å². The minimum Gasteiger partial charge on any atom is -0.542 e. The number of nitrogens with zero attached hydrogens (tertiary/aromatic N) is 2.